The van der Waals surface area contributed by atoms with Gasteiger partial charge in [-0.15, -0.1) is 0 Å². The number of nitrogens with zero attached hydrogens (tertiary/aromatic N) is 1. The van der Waals surface area contributed by atoms with E-state index in [1.54, 1.807) is 19.1 Å². The SMILES string of the molecule is CCCNC(=O)[C@H](C)NC(=O)c1cccc(S(=O)(=O)N2CCCCC2)c1. The quantitative estimate of drug-likeness (QED) is 0.748. The number of amides is 2. The minimum absolute atomic E-state index is 0.107. The summed E-state index contributed by atoms with van der Waals surface area (Å²) in [7, 11) is -3.60. The number of benzene rings is 1. The molecule has 0 aromatic heterocycles. The molecule has 1 atom stereocenters. The number of piperidine rings is 1. The van der Waals surface area contributed by atoms with Crippen molar-refractivity contribution in [2.45, 2.75) is 50.5 Å². The number of hydrogen-bond donors (Lipinski definition) is 2. The molecule has 0 radical (unpaired) electrons. The van der Waals surface area contributed by atoms with Crippen LogP contribution in [-0.4, -0.2) is 50.2 Å². The monoisotopic (exact) mass is 381 g/mol. The molecule has 1 aromatic rings. The Morgan fingerprint density at radius 2 is 1.88 bits per heavy atom. The number of sulfonamides is 1. The molecule has 26 heavy (non-hydrogen) atoms. The van der Waals surface area contributed by atoms with E-state index in [9.17, 15) is 18.0 Å². The zero-order valence-corrected chi connectivity index (χ0v) is 16.1. The van der Waals surface area contributed by atoms with Gasteiger partial charge >= 0.3 is 0 Å². The maximum atomic E-state index is 12.7. The van der Waals surface area contributed by atoms with Crippen molar-refractivity contribution >= 4 is 21.8 Å². The van der Waals surface area contributed by atoms with Gasteiger partial charge in [-0.25, -0.2) is 8.42 Å². The summed E-state index contributed by atoms with van der Waals surface area (Å²) in [5.74, 6) is -0.739. The van der Waals surface area contributed by atoms with Crippen LogP contribution in [0.4, 0.5) is 0 Å². The first-order valence-corrected chi connectivity index (χ1v) is 10.5. The van der Waals surface area contributed by atoms with Crippen LogP contribution in [0, 0.1) is 0 Å². The highest BCUT2D eigenvalue weighted by Crippen LogP contribution is 2.21. The van der Waals surface area contributed by atoms with Gasteiger partial charge < -0.3 is 10.6 Å². The summed E-state index contributed by atoms with van der Waals surface area (Å²) < 4.78 is 26.9. The van der Waals surface area contributed by atoms with Crippen molar-refractivity contribution in [1.82, 2.24) is 14.9 Å². The average molecular weight is 381 g/mol. The summed E-state index contributed by atoms with van der Waals surface area (Å²) in [4.78, 5) is 24.4. The van der Waals surface area contributed by atoms with E-state index in [1.165, 1.54) is 16.4 Å². The Kier molecular flexibility index (Phi) is 7.16. The van der Waals surface area contributed by atoms with E-state index < -0.39 is 22.0 Å². The second-order valence-corrected chi connectivity index (χ2v) is 8.42. The zero-order valence-electron chi connectivity index (χ0n) is 15.3. The van der Waals surface area contributed by atoms with Gasteiger partial charge in [-0.2, -0.15) is 4.31 Å². The van der Waals surface area contributed by atoms with Gasteiger partial charge in [0.05, 0.1) is 4.90 Å². The number of rotatable bonds is 7. The third-order valence-corrected chi connectivity index (χ3v) is 6.23. The molecule has 1 aromatic carbocycles. The molecule has 1 fully saturated rings. The van der Waals surface area contributed by atoms with Crippen molar-refractivity contribution in [2.75, 3.05) is 19.6 Å². The lowest BCUT2D eigenvalue weighted by molar-refractivity contribution is -0.122. The fourth-order valence-corrected chi connectivity index (χ4v) is 4.36. The average Bonchev–Trinajstić information content (AvgIpc) is 2.66. The summed E-state index contributed by atoms with van der Waals surface area (Å²) in [6, 6.07) is 5.26. The molecule has 2 rings (SSSR count). The van der Waals surface area contributed by atoms with Crippen molar-refractivity contribution in [1.29, 1.82) is 0 Å². The molecular weight excluding hydrogens is 354 g/mol. The molecule has 0 spiro atoms. The Bertz CT molecular complexity index is 743. The molecule has 1 aliphatic heterocycles. The van der Waals surface area contributed by atoms with E-state index in [2.05, 4.69) is 10.6 Å². The van der Waals surface area contributed by atoms with E-state index in [4.69, 9.17) is 0 Å². The third-order valence-electron chi connectivity index (χ3n) is 4.34. The summed E-state index contributed by atoms with van der Waals surface area (Å²) in [6.45, 7) is 5.10. The van der Waals surface area contributed by atoms with E-state index in [-0.39, 0.29) is 16.4 Å². The van der Waals surface area contributed by atoms with Crippen molar-refractivity contribution < 1.29 is 18.0 Å². The summed E-state index contributed by atoms with van der Waals surface area (Å²) >= 11 is 0. The van der Waals surface area contributed by atoms with Crippen LogP contribution in [0.3, 0.4) is 0 Å². The fraction of sp³-hybridized carbons (Fsp3) is 0.556. The molecule has 2 N–H and O–H groups in total. The van der Waals surface area contributed by atoms with Crippen molar-refractivity contribution in [3.63, 3.8) is 0 Å². The van der Waals surface area contributed by atoms with Gasteiger partial charge in [-0.3, -0.25) is 9.59 Å². The Morgan fingerprint density at radius 3 is 2.54 bits per heavy atom. The fourth-order valence-electron chi connectivity index (χ4n) is 2.80. The van der Waals surface area contributed by atoms with E-state index in [0.29, 0.717) is 19.6 Å². The summed E-state index contributed by atoms with van der Waals surface area (Å²) in [5.41, 5.74) is 0.221. The lowest BCUT2D eigenvalue weighted by atomic mass is 10.2. The van der Waals surface area contributed by atoms with Crippen LogP contribution >= 0.6 is 0 Å². The maximum Gasteiger partial charge on any atom is 0.251 e. The number of hydrogen-bond acceptors (Lipinski definition) is 4. The lowest BCUT2D eigenvalue weighted by Gasteiger charge is -2.26. The molecule has 0 aliphatic carbocycles. The van der Waals surface area contributed by atoms with Crippen LogP contribution in [0.2, 0.25) is 0 Å². The normalized spacial score (nSPS) is 16.7. The summed E-state index contributed by atoms with van der Waals surface area (Å²) in [5, 5.41) is 5.32. The van der Waals surface area contributed by atoms with Gasteiger partial charge in [0, 0.05) is 25.2 Å². The van der Waals surface area contributed by atoms with E-state index in [0.717, 1.165) is 25.7 Å². The van der Waals surface area contributed by atoms with Gasteiger partial charge in [0.25, 0.3) is 5.91 Å². The minimum Gasteiger partial charge on any atom is -0.354 e. The van der Waals surface area contributed by atoms with Crippen molar-refractivity contribution in [3.8, 4) is 0 Å². The number of carbonyl (C=O) groups is 2. The second kappa shape index (κ2) is 9.14. The highest BCUT2D eigenvalue weighted by Gasteiger charge is 2.26. The Balaban J connectivity index is 2.10. The van der Waals surface area contributed by atoms with Gasteiger partial charge in [-0.05, 0) is 44.4 Å². The first kappa shape index (κ1) is 20.4. The van der Waals surface area contributed by atoms with Gasteiger partial charge in [0.2, 0.25) is 15.9 Å². The molecule has 0 unspecified atom stereocenters. The Hall–Kier alpha value is -1.93. The largest absolute Gasteiger partial charge is 0.354 e. The molecule has 7 nitrogen and oxygen atoms in total. The predicted octanol–water partition coefficient (Wildman–Crippen LogP) is 1.51. The van der Waals surface area contributed by atoms with Gasteiger partial charge in [-0.1, -0.05) is 19.4 Å². The first-order valence-electron chi connectivity index (χ1n) is 9.05. The lowest BCUT2D eigenvalue weighted by Crippen LogP contribution is -2.45. The minimum atomic E-state index is -3.60. The highest BCUT2D eigenvalue weighted by molar-refractivity contribution is 7.89. The molecule has 1 aliphatic rings. The van der Waals surface area contributed by atoms with Crippen LogP contribution in [0.25, 0.3) is 0 Å². The van der Waals surface area contributed by atoms with E-state index >= 15 is 0 Å². The van der Waals surface area contributed by atoms with Crippen molar-refractivity contribution in [2.24, 2.45) is 0 Å². The van der Waals surface area contributed by atoms with Crippen LogP contribution in [0.5, 0.6) is 0 Å². The number of nitrogens with one attached hydrogen (secondary N) is 2. The van der Waals surface area contributed by atoms with Gasteiger partial charge in [0.15, 0.2) is 0 Å². The highest BCUT2D eigenvalue weighted by atomic mass is 32.2. The van der Waals surface area contributed by atoms with Crippen LogP contribution < -0.4 is 10.6 Å². The molecule has 1 saturated heterocycles. The molecule has 1 heterocycles. The zero-order chi connectivity index (χ0) is 19.2. The second-order valence-electron chi connectivity index (χ2n) is 6.48. The summed E-state index contributed by atoms with van der Waals surface area (Å²) in [6.07, 6.45) is 3.54. The molecule has 2 amide bonds. The van der Waals surface area contributed by atoms with Crippen LogP contribution in [0.1, 0.15) is 49.9 Å². The van der Waals surface area contributed by atoms with Crippen LogP contribution in [-0.2, 0) is 14.8 Å². The van der Waals surface area contributed by atoms with Gasteiger partial charge in [0.1, 0.15) is 6.04 Å². The van der Waals surface area contributed by atoms with E-state index in [1.807, 2.05) is 6.92 Å². The predicted molar refractivity (Wildman–Crippen MR) is 99.3 cm³/mol. The number of carbonyl (C=O) groups excluding carboxylic acids is 2. The van der Waals surface area contributed by atoms with Crippen LogP contribution in [0.15, 0.2) is 29.2 Å². The smallest absolute Gasteiger partial charge is 0.251 e. The maximum absolute atomic E-state index is 12.7. The molecule has 144 valence electrons. The first-order chi connectivity index (χ1) is 12.4. The van der Waals surface area contributed by atoms with Crippen molar-refractivity contribution in [3.05, 3.63) is 29.8 Å². The molecule has 0 bridgehead atoms. The molecule has 8 heteroatoms. The Morgan fingerprint density at radius 1 is 1.19 bits per heavy atom. The molecule has 0 saturated carbocycles. The Labute approximate surface area is 155 Å². The molecular formula is C18H27N3O4S. The third kappa shape index (κ3) is 5.04. The topological polar surface area (TPSA) is 95.6 Å². The standard InChI is InChI=1S/C18H27N3O4S/c1-3-10-19-17(22)14(2)20-18(23)15-8-7-9-16(13-15)26(24,25)21-11-5-4-6-12-21/h7-9,13-14H,3-6,10-12H2,1-2H3,(H,19,22)(H,20,23)/t14-/m0/s1.